The van der Waals surface area contributed by atoms with Crippen molar-refractivity contribution in [2.75, 3.05) is 11.4 Å². The van der Waals surface area contributed by atoms with Crippen LogP contribution in [0.3, 0.4) is 0 Å². The predicted octanol–water partition coefficient (Wildman–Crippen LogP) is 3.41. The molecule has 0 saturated heterocycles. The quantitative estimate of drug-likeness (QED) is 0.625. The Balaban J connectivity index is 1.76. The molecule has 1 unspecified atom stereocenters. The van der Waals surface area contributed by atoms with E-state index in [1.807, 2.05) is 67.9 Å². The number of carbonyl (C=O) groups is 1. The average molecular weight is 367 g/mol. The summed E-state index contributed by atoms with van der Waals surface area (Å²) in [4.78, 5) is 18.7. The van der Waals surface area contributed by atoms with Crippen molar-refractivity contribution in [2.45, 2.75) is 24.3 Å². The van der Waals surface area contributed by atoms with Crippen LogP contribution in [0.2, 0.25) is 0 Å². The summed E-state index contributed by atoms with van der Waals surface area (Å²) >= 11 is 1.41. The Morgan fingerprint density at radius 3 is 2.50 bits per heavy atom. The van der Waals surface area contributed by atoms with E-state index in [1.54, 1.807) is 17.3 Å². The van der Waals surface area contributed by atoms with Gasteiger partial charge >= 0.3 is 0 Å². The Labute approximate surface area is 157 Å². The van der Waals surface area contributed by atoms with Gasteiger partial charge < -0.3 is 9.47 Å². The molecule has 0 radical (unpaired) electrons. The van der Waals surface area contributed by atoms with E-state index in [0.717, 1.165) is 17.1 Å². The van der Waals surface area contributed by atoms with Gasteiger partial charge in [-0.3, -0.25) is 9.78 Å². The second-order valence-electron chi connectivity index (χ2n) is 5.78. The van der Waals surface area contributed by atoms with Crippen LogP contribution in [-0.4, -0.2) is 37.5 Å². The maximum absolute atomic E-state index is 12.9. The standard InChI is InChI=1S/C19H21N5OS/c1-4-24(16-8-6-5-7-9-16)18(25)14(2)26-19-22-21-17(23(19)3)15-10-12-20-13-11-15/h5-14H,4H2,1-3H3. The van der Waals surface area contributed by atoms with Crippen LogP contribution in [-0.2, 0) is 11.8 Å². The molecule has 7 heteroatoms. The SMILES string of the molecule is CCN(C(=O)C(C)Sc1nnc(-c2ccncc2)n1C)c1ccccc1. The summed E-state index contributed by atoms with van der Waals surface area (Å²) in [6, 6.07) is 13.5. The second-order valence-corrected chi connectivity index (χ2v) is 7.09. The minimum atomic E-state index is -0.275. The molecule has 26 heavy (non-hydrogen) atoms. The lowest BCUT2D eigenvalue weighted by molar-refractivity contribution is -0.117. The molecule has 0 spiro atoms. The van der Waals surface area contributed by atoms with E-state index < -0.39 is 0 Å². The summed E-state index contributed by atoms with van der Waals surface area (Å²) in [6.07, 6.45) is 3.45. The Kier molecular flexibility index (Phi) is 5.68. The third-order valence-corrected chi connectivity index (χ3v) is 5.18. The lowest BCUT2D eigenvalue weighted by Gasteiger charge is -2.24. The molecule has 1 aromatic carbocycles. The highest BCUT2D eigenvalue weighted by Crippen LogP contribution is 2.27. The van der Waals surface area contributed by atoms with Crippen molar-refractivity contribution in [3.63, 3.8) is 0 Å². The van der Waals surface area contributed by atoms with Gasteiger partial charge in [-0.1, -0.05) is 30.0 Å². The third-order valence-electron chi connectivity index (χ3n) is 4.05. The van der Waals surface area contributed by atoms with Gasteiger partial charge in [0.2, 0.25) is 5.91 Å². The Morgan fingerprint density at radius 1 is 1.15 bits per heavy atom. The molecule has 134 valence electrons. The number of hydrogen-bond acceptors (Lipinski definition) is 5. The van der Waals surface area contributed by atoms with Crippen molar-refractivity contribution in [2.24, 2.45) is 7.05 Å². The van der Waals surface area contributed by atoms with Crippen LogP contribution in [0.15, 0.2) is 60.0 Å². The molecule has 0 aliphatic carbocycles. The Bertz CT molecular complexity index is 866. The van der Waals surface area contributed by atoms with Crippen LogP contribution >= 0.6 is 11.8 Å². The van der Waals surface area contributed by atoms with E-state index in [0.29, 0.717) is 11.7 Å². The highest BCUT2D eigenvalue weighted by Gasteiger charge is 2.24. The lowest BCUT2D eigenvalue weighted by atomic mass is 10.2. The summed E-state index contributed by atoms with van der Waals surface area (Å²) < 4.78 is 1.91. The van der Waals surface area contributed by atoms with Crippen LogP contribution < -0.4 is 4.90 Å². The monoisotopic (exact) mass is 367 g/mol. The van der Waals surface area contributed by atoms with Gasteiger partial charge in [0.05, 0.1) is 5.25 Å². The van der Waals surface area contributed by atoms with Gasteiger partial charge in [-0.2, -0.15) is 0 Å². The number of benzene rings is 1. The largest absolute Gasteiger partial charge is 0.312 e. The van der Waals surface area contributed by atoms with Gasteiger partial charge in [0.1, 0.15) is 0 Å². The highest BCUT2D eigenvalue weighted by molar-refractivity contribution is 8.00. The minimum Gasteiger partial charge on any atom is -0.312 e. The number of aromatic nitrogens is 4. The van der Waals surface area contributed by atoms with Gasteiger partial charge in [-0.15, -0.1) is 10.2 Å². The van der Waals surface area contributed by atoms with Gasteiger partial charge in [0.15, 0.2) is 11.0 Å². The second kappa shape index (κ2) is 8.14. The molecule has 1 atom stereocenters. The maximum Gasteiger partial charge on any atom is 0.240 e. The smallest absolute Gasteiger partial charge is 0.240 e. The molecule has 0 fully saturated rings. The van der Waals surface area contributed by atoms with E-state index in [9.17, 15) is 4.79 Å². The number of amides is 1. The summed E-state index contributed by atoms with van der Waals surface area (Å²) in [6.45, 7) is 4.50. The molecule has 2 heterocycles. The van der Waals surface area contributed by atoms with E-state index in [1.165, 1.54) is 11.8 Å². The summed E-state index contributed by atoms with van der Waals surface area (Å²) in [7, 11) is 1.91. The zero-order valence-corrected chi connectivity index (χ0v) is 15.8. The molecule has 2 aromatic heterocycles. The summed E-state index contributed by atoms with van der Waals surface area (Å²) in [5.74, 6) is 0.808. The van der Waals surface area contributed by atoms with Crippen LogP contribution in [0.4, 0.5) is 5.69 Å². The van der Waals surface area contributed by atoms with Crippen LogP contribution in [0.25, 0.3) is 11.4 Å². The average Bonchev–Trinajstić information content (AvgIpc) is 3.04. The highest BCUT2D eigenvalue weighted by atomic mass is 32.2. The number of para-hydroxylation sites is 1. The number of anilines is 1. The molecular weight excluding hydrogens is 346 g/mol. The molecule has 0 aliphatic rings. The van der Waals surface area contributed by atoms with Gasteiger partial charge in [-0.25, -0.2) is 0 Å². The zero-order valence-electron chi connectivity index (χ0n) is 15.0. The zero-order chi connectivity index (χ0) is 18.5. The fraction of sp³-hybridized carbons (Fsp3) is 0.263. The van der Waals surface area contributed by atoms with Crippen molar-refractivity contribution in [1.29, 1.82) is 0 Å². The van der Waals surface area contributed by atoms with Crippen molar-refractivity contribution in [3.05, 3.63) is 54.9 Å². The van der Waals surface area contributed by atoms with Crippen molar-refractivity contribution in [3.8, 4) is 11.4 Å². The van der Waals surface area contributed by atoms with Crippen LogP contribution in [0, 0.1) is 0 Å². The molecule has 0 bridgehead atoms. The molecule has 3 aromatic rings. The fourth-order valence-corrected chi connectivity index (χ4v) is 3.55. The number of thioether (sulfide) groups is 1. The number of pyridine rings is 1. The molecule has 0 aliphatic heterocycles. The van der Waals surface area contributed by atoms with Crippen LogP contribution in [0.5, 0.6) is 0 Å². The topological polar surface area (TPSA) is 63.9 Å². The molecule has 0 saturated carbocycles. The minimum absolute atomic E-state index is 0.0529. The molecule has 3 rings (SSSR count). The molecule has 6 nitrogen and oxygen atoms in total. The third kappa shape index (κ3) is 3.77. The first-order valence-electron chi connectivity index (χ1n) is 8.44. The van der Waals surface area contributed by atoms with Crippen LogP contribution in [0.1, 0.15) is 13.8 Å². The first-order chi connectivity index (χ1) is 12.6. The first kappa shape index (κ1) is 18.1. The normalized spacial score (nSPS) is 12.0. The fourth-order valence-electron chi connectivity index (χ4n) is 2.67. The maximum atomic E-state index is 12.9. The summed E-state index contributed by atoms with van der Waals surface area (Å²) in [5, 5.41) is 8.95. The van der Waals surface area contributed by atoms with Gasteiger partial charge in [0.25, 0.3) is 0 Å². The molecular formula is C19H21N5OS. The first-order valence-corrected chi connectivity index (χ1v) is 9.32. The van der Waals surface area contributed by atoms with E-state index in [4.69, 9.17) is 0 Å². The van der Waals surface area contributed by atoms with E-state index in [2.05, 4.69) is 15.2 Å². The molecule has 1 amide bonds. The number of nitrogens with zero attached hydrogens (tertiary/aromatic N) is 5. The van der Waals surface area contributed by atoms with E-state index in [-0.39, 0.29) is 11.2 Å². The van der Waals surface area contributed by atoms with E-state index >= 15 is 0 Å². The molecule has 0 N–H and O–H groups in total. The van der Waals surface area contributed by atoms with Crippen molar-refractivity contribution < 1.29 is 4.79 Å². The Hall–Kier alpha value is -2.67. The number of rotatable bonds is 6. The number of hydrogen-bond donors (Lipinski definition) is 0. The van der Waals surface area contributed by atoms with Gasteiger partial charge in [0, 0.05) is 37.2 Å². The summed E-state index contributed by atoms with van der Waals surface area (Å²) in [5.41, 5.74) is 1.85. The van der Waals surface area contributed by atoms with Crippen molar-refractivity contribution >= 4 is 23.4 Å². The van der Waals surface area contributed by atoms with Gasteiger partial charge in [-0.05, 0) is 38.1 Å². The number of carbonyl (C=O) groups excluding carboxylic acids is 1. The Morgan fingerprint density at radius 2 is 1.85 bits per heavy atom. The van der Waals surface area contributed by atoms with Crippen molar-refractivity contribution in [1.82, 2.24) is 19.7 Å². The predicted molar refractivity (Wildman–Crippen MR) is 104 cm³/mol. The lowest BCUT2D eigenvalue weighted by Crippen LogP contribution is -2.36.